The SMILES string of the molecule is CC(O)C1CCN(c2ccc(CO)cc2[N+](=O)[O-])C1. The Kier molecular flexibility index (Phi) is 4.01. The van der Waals surface area contributed by atoms with Gasteiger partial charge in [-0.15, -0.1) is 0 Å². The van der Waals surface area contributed by atoms with E-state index in [0.29, 0.717) is 24.3 Å². The summed E-state index contributed by atoms with van der Waals surface area (Å²) in [6.45, 7) is 2.86. The predicted octanol–water partition coefficient (Wildman–Crippen LogP) is 1.29. The largest absolute Gasteiger partial charge is 0.393 e. The number of nitro benzene ring substituents is 1. The molecule has 0 aromatic heterocycles. The number of rotatable bonds is 4. The van der Waals surface area contributed by atoms with Gasteiger partial charge in [-0.2, -0.15) is 0 Å². The summed E-state index contributed by atoms with van der Waals surface area (Å²) in [5, 5.41) is 29.7. The average Bonchev–Trinajstić information content (AvgIpc) is 2.87. The fourth-order valence-corrected chi connectivity index (χ4v) is 2.48. The lowest BCUT2D eigenvalue weighted by Gasteiger charge is -2.19. The highest BCUT2D eigenvalue weighted by atomic mass is 16.6. The number of benzene rings is 1. The van der Waals surface area contributed by atoms with Crippen LogP contribution in [0, 0.1) is 16.0 Å². The van der Waals surface area contributed by atoms with E-state index in [-0.39, 0.29) is 18.2 Å². The first kappa shape index (κ1) is 13.8. The number of nitrogens with zero attached hydrogens (tertiary/aromatic N) is 2. The number of anilines is 1. The minimum Gasteiger partial charge on any atom is -0.393 e. The van der Waals surface area contributed by atoms with E-state index in [1.54, 1.807) is 19.1 Å². The molecule has 0 saturated carbocycles. The van der Waals surface area contributed by atoms with Crippen molar-refractivity contribution in [2.75, 3.05) is 18.0 Å². The number of hydrogen-bond donors (Lipinski definition) is 2. The Hall–Kier alpha value is -1.66. The highest BCUT2D eigenvalue weighted by Gasteiger charge is 2.29. The van der Waals surface area contributed by atoms with Crippen molar-refractivity contribution < 1.29 is 15.1 Å². The van der Waals surface area contributed by atoms with Crippen LogP contribution in [0.25, 0.3) is 0 Å². The van der Waals surface area contributed by atoms with Gasteiger partial charge in [0.25, 0.3) is 5.69 Å². The summed E-state index contributed by atoms with van der Waals surface area (Å²) in [6, 6.07) is 4.77. The third-order valence-electron chi connectivity index (χ3n) is 3.67. The van der Waals surface area contributed by atoms with Gasteiger partial charge in [-0.05, 0) is 25.0 Å². The molecule has 1 aromatic rings. The van der Waals surface area contributed by atoms with Crippen LogP contribution in [-0.2, 0) is 6.61 Å². The van der Waals surface area contributed by atoms with Crippen LogP contribution >= 0.6 is 0 Å². The topological polar surface area (TPSA) is 86.8 Å². The minimum absolute atomic E-state index is 0.0118. The fraction of sp³-hybridized carbons (Fsp3) is 0.538. The molecule has 6 nitrogen and oxygen atoms in total. The normalized spacial score (nSPS) is 20.6. The predicted molar refractivity (Wildman–Crippen MR) is 71.0 cm³/mol. The quantitative estimate of drug-likeness (QED) is 0.633. The second kappa shape index (κ2) is 5.54. The van der Waals surface area contributed by atoms with Crippen LogP contribution in [0.5, 0.6) is 0 Å². The molecular formula is C13H18N2O4. The Morgan fingerprint density at radius 2 is 2.32 bits per heavy atom. The van der Waals surface area contributed by atoms with Crippen LogP contribution in [-0.4, -0.2) is 34.3 Å². The van der Waals surface area contributed by atoms with E-state index in [4.69, 9.17) is 5.11 Å². The van der Waals surface area contributed by atoms with E-state index < -0.39 is 11.0 Å². The van der Waals surface area contributed by atoms with Crippen LogP contribution in [0.1, 0.15) is 18.9 Å². The first-order chi connectivity index (χ1) is 9.02. The van der Waals surface area contributed by atoms with E-state index in [2.05, 4.69) is 0 Å². The van der Waals surface area contributed by atoms with Crippen molar-refractivity contribution in [3.63, 3.8) is 0 Å². The second-order valence-corrected chi connectivity index (χ2v) is 4.97. The molecule has 19 heavy (non-hydrogen) atoms. The molecule has 1 aromatic carbocycles. The third-order valence-corrected chi connectivity index (χ3v) is 3.67. The Morgan fingerprint density at radius 3 is 2.84 bits per heavy atom. The van der Waals surface area contributed by atoms with Crippen molar-refractivity contribution in [2.45, 2.75) is 26.1 Å². The number of aliphatic hydroxyl groups is 2. The van der Waals surface area contributed by atoms with E-state index in [9.17, 15) is 15.2 Å². The molecule has 1 aliphatic heterocycles. The monoisotopic (exact) mass is 266 g/mol. The van der Waals surface area contributed by atoms with E-state index >= 15 is 0 Å². The van der Waals surface area contributed by atoms with Crippen molar-refractivity contribution in [2.24, 2.45) is 5.92 Å². The molecule has 2 N–H and O–H groups in total. The third kappa shape index (κ3) is 2.85. The van der Waals surface area contributed by atoms with Crippen LogP contribution in [0.3, 0.4) is 0 Å². The molecule has 1 fully saturated rings. The zero-order valence-electron chi connectivity index (χ0n) is 10.8. The summed E-state index contributed by atoms with van der Waals surface area (Å²) in [4.78, 5) is 12.6. The van der Waals surface area contributed by atoms with Crippen molar-refractivity contribution in [3.8, 4) is 0 Å². The summed E-state index contributed by atoms with van der Waals surface area (Å²) in [5.74, 6) is 0.150. The van der Waals surface area contributed by atoms with Crippen LogP contribution < -0.4 is 4.90 Å². The molecule has 6 heteroatoms. The van der Waals surface area contributed by atoms with Crippen molar-refractivity contribution in [1.82, 2.24) is 0 Å². The van der Waals surface area contributed by atoms with Gasteiger partial charge in [0.1, 0.15) is 5.69 Å². The van der Waals surface area contributed by atoms with Gasteiger partial charge in [0.05, 0.1) is 17.6 Å². The van der Waals surface area contributed by atoms with Crippen molar-refractivity contribution in [3.05, 3.63) is 33.9 Å². The van der Waals surface area contributed by atoms with Gasteiger partial charge >= 0.3 is 0 Å². The minimum atomic E-state index is -0.426. The molecule has 0 amide bonds. The van der Waals surface area contributed by atoms with E-state index in [1.165, 1.54) is 6.07 Å². The Bertz CT molecular complexity index is 476. The molecule has 1 heterocycles. The maximum atomic E-state index is 11.1. The van der Waals surface area contributed by atoms with E-state index in [1.807, 2.05) is 4.90 Å². The number of hydrogen-bond acceptors (Lipinski definition) is 5. The van der Waals surface area contributed by atoms with Gasteiger partial charge in [0.15, 0.2) is 0 Å². The first-order valence-corrected chi connectivity index (χ1v) is 6.34. The Morgan fingerprint density at radius 1 is 1.58 bits per heavy atom. The second-order valence-electron chi connectivity index (χ2n) is 4.97. The van der Waals surface area contributed by atoms with Crippen molar-refractivity contribution >= 4 is 11.4 Å². The van der Waals surface area contributed by atoms with Gasteiger partial charge in [-0.3, -0.25) is 10.1 Å². The van der Waals surface area contributed by atoms with Gasteiger partial charge in [-0.25, -0.2) is 0 Å². The highest BCUT2D eigenvalue weighted by molar-refractivity contribution is 5.64. The molecule has 104 valence electrons. The van der Waals surface area contributed by atoms with Gasteiger partial charge < -0.3 is 15.1 Å². The lowest BCUT2D eigenvalue weighted by molar-refractivity contribution is -0.384. The molecule has 1 saturated heterocycles. The molecular weight excluding hydrogens is 248 g/mol. The molecule has 0 bridgehead atoms. The van der Waals surface area contributed by atoms with Crippen LogP contribution in [0.15, 0.2) is 18.2 Å². The Balaban J connectivity index is 2.27. The summed E-state index contributed by atoms with van der Waals surface area (Å²) in [6.07, 6.45) is 0.428. The summed E-state index contributed by atoms with van der Waals surface area (Å²) >= 11 is 0. The maximum Gasteiger partial charge on any atom is 0.292 e. The fourth-order valence-electron chi connectivity index (χ4n) is 2.48. The molecule has 0 aliphatic carbocycles. The van der Waals surface area contributed by atoms with Crippen molar-refractivity contribution in [1.29, 1.82) is 0 Å². The molecule has 2 atom stereocenters. The zero-order chi connectivity index (χ0) is 14.0. The average molecular weight is 266 g/mol. The first-order valence-electron chi connectivity index (χ1n) is 6.34. The molecule has 2 unspecified atom stereocenters. The Labute approximate surface area is 111 Å². The number of aliphatic hydroxyl groups excluding tert-OH is 2. The highest BCUT2D eigenvalue weighted by Crippen LogP contribution is 2.33. The standard InChI is InChI=1S/C13H18N2O4/c1-9(17)11-4-5-14(7-11)12-3-2-10(8-16)6-13(12)15(18)19/h2-3,6,9,11,16-17H,4-5,7-8H2,1H3. The summed E-state index contributed by atoms with van der Waals surface area (Å²) in [5.41, 5.74) is 1.10. The van der Waals surface area contributed by atoms with Gasteiger partial charge in [0, 0.05) is 25.1 Å². The molecule has 0 radical (unpaired) electrons. The smallest absolute Gasteiger partial charge is 0.292 e. The summed E-state index contributed by atoms with van der Waals surface area (Å²) < 4.78 is 0. The number of nitro groups is 1. The van der Waals surface area contributed by atoms with E-state index in [0.717, 1.165) is 6.42 Å². The summed E-state index contributed by atoms with van der Waals surface area (Å²) in [7, 11) is 0. The zero-order valence-corrected chi connectivity index (χ0v) is 10.8. The van der Waals surface area contributed by atoms with Gasteiger partial charge in [0.2, 0.25) is 0 Å². The lowest BCUT2D eigenvalue weighted by Crippen LogP contribution is -2.24. The lowest BCUT2D eigenvalue weighted by atomic mass is 10.0. The molecule has 0 spiro atoms. The molecule has 1 aliphatic rings. The molecule has 2 rings (SSSR count). The van der Waals surface area contributed by atoms with Gasteiger partial charge in [-0.1, -0.05) is 6.07 Å². The maximum absolute atomic E-state index is 11.1. The van der Waals surface area contributed by atoms with Crippen LogP contribution in [0.2, 0.25) is 0 Å². The van der Waals surface area contributed by atoms with Crippen LogP contribution in [0.4, 0.5) is 11.4 Å².